The Morgan fingerprint density at radius 3 is 2.96 bits per heavy atom. The van der Waals surface area contributed by atoms with Crippen LogP contribution in [0, 0.1) is 0 Å². The fourth-order valence-electron chi connectivity index (χ4n) is 3.00. The number of anilines is 1. The highest BCUT2D eigenvalue weighted by Crippen LogP contribution is 2.36. The lowest BCUT2D eigenvalue weighted by atomic mass is 9.94. The first-order valence-electron chi connectivity index (χ1n) is 8.19. The molecule has 2 aromatic carbocycles. The van der Waals surface area contributed by atoms with Crippen LogP contribution >= 0.6 is 11.6 Å². The molecule has 1 aliphatic rings. The summed E-state index contributed by atoms with van der Waals surface area (Å²) in [4.78, 5) is 0. The van der Waals surface area contributed by atoms with Gasteiger partial charge in [-0.25, -0.2) is 0 Å². The zero-order valence-corrected chi connectivity index (χ0v) is 14.9. The lowest BCUT2D eigenvalue weighted by molar-refractivity contribution is 0.0842. The van der Waals surface area contributed by atoms with Crippen LogP contribution in [-0.4, -0.2) is 10.8 Å². The van der Waals surface area contributed by atoms with Crippen molar-refractivity contribution in [2.75, 3.05) is 5.73 Å². The molecule has 1 aromatic heterocycles. The summed E-state index contributed by atoms with van der Waals surface area (Å²) in [6, 6.07) is 9.51. The van der Waals surface area contributed by atoms with Crippen molar-refractivity contribution in [1.29, 1.82) is 0 Å². The second-order valence-corrected chi connectivity index (χ2v) is 7.33. The molecule has 1 aliphatic heterocycles. The number of hydrogen-bond acceptors (Lipinski definition) is 5. The minimum atomic E-state index is -0.147. The molecular weight excluding hydrogens is 340 g/mol. The van der Waals surface area contributed by atoms with Gasteiger partial charge in [0.2, 0.25) is 0 Å². The highest BCUT2D eigenvalue weighted by atomic mass is 35.5. The van der Waals surface area contributed by atoms with Gasteiger partial charge in [0.25, 0.3) is 0 Å². The number of nitrogen functional groups attached to an aromatic ring is 1. The number of rotatable bonds is 3. The number of aryl methyl sites for hydroxylation is 1. The molecule has 3 aromatic rings. The number of ether oxygens (including phenoxy) is 2. The van der Waals surface area contributed by atoms with E-state index in [4.69, 9.17) is 31.3 Å². The number of benzene rings is 2. The van der Waals surface area contributed by atoms with E-state index < -0.39 is 0 Å². The van der Waals surface area contributed by atoms with Crippen molar-refractivity contribution in [3.8, 4) is 11.5 Å². The van der Waals surface area contributed by atoms with Crippen molar-refractivity contribution < 1.29 is 14.0 Å². The summed E-state index contributed by atoms with van der Waals surface area (Å²) in [5.41, 5.74) is 8.21. The van der Waals surface area contributed by atoms with Crippen LogP contribution in [0.1, 0.15) is 31.4 Å². The number of halogens is 1. The molecule has 0 radical (unpaired) electrons. The summed E-state index contributed by atoms with van der Waals surface area (Å²) >= 11 is 6.32. The third kappa shape index (κ3) is 3.12. The predicted octanol–water partition coefficient (Wildman–Crippen LogP) is 4.75. The number of nitrogens with two attached hydrogens (primary N) is 1. The Balaban J connectivity index is 1.55. The fourth-order valence-corrected chi connectivity index (χ4v) is 3.22. The van der Waals surface area contributed by atoms with E-state index in [1.807, 2.05) is 12.1 Å². The van der Waals surface area contributed by atoms with Gasteiger partial charge in [0.1, 0.15) is 23.7 Å². The Morgan fingerprint density at radius 1 is 1.28 bits per heavy atom. The van der Waals surface area contributed by atoms with Crippen LogP contribution in [-0.2, 0) is 13.0 Å². The molecule has 2 heterocycles. The molecule has 0 amide bonds. The van der Waals surface area contributed by atoms with Gasteiger partial charge in [-0.3, -0.25) is 0 Å². The van der Waals surface area contributed by atoms with E-state index in [0.717, 1.165) is 29.9 Å². The molecule has 0 fully saturated rings. The van der Waals surface area contributed by atoms with Crippen LogP contribution < -0.4 is 15.2 Å². The first-order valence-corrected chi connectivity index (χ1v) is 8.57. The predicted molar refractivity (Wildman–Crippen MR) is 97.2 cm³/mol. The van der Waals surface area contributed by atoms with Gasteiger partial charge in [-0.2, -0.15) is 0 Å². The Labute approximate surface area is 150 Å². The molecule has 0 atom stereocenters. The number of aromatic nitrogens is 1. The minimum absolute atomic E-state index is 0.147. The van der Waals surface area contributed by atoms with Gasteiger partial charge in [-0.15, -0.1) is 0 Å². The molecule has 0 aliphatic carbocycles. The summed E-state index contributed by atoms with van der Waals surface area (Å²) in [7, 11) is 0. The maximum atomic E-state index is 6.32. The van der Waals surface area contributed by atoms with E-state index in [1.165, 1.54) is 5.56 Å². The molecule has 0 spiro atoms. The molecule has 6 heteroatoms. The molecule has 25 heavy (non-hydrogen) atoms. The topological polar surface area (TPSA) is 70.5 Å². The zero-order chi connectivity index (χ0) is 17.6. The van der Waals surface area contributed by atoms with Crippen molar-refractivity contribution in [1.82, 2.24) is 5.16 Å². The molecule has 0 saturated carbocycles. The van der Waals surface area contributed by atoms with Gasteiger partial charge in [0.15, 0.2) is 11.4 Å². The average molecular weight is 359 g/mol. The summed E-state index contributed by atoms with van der Waals surface area (Å²) in [6.45, 7) is 4.51. The van der Waals surface area contributed by atoms with Gasteiger partial charge in [0.05, 0.1) is 5.39 Å². The van der Waals surface area contributed by atoms with Crippen LogP contribution in [0.3, 0.4) is 0 Å². The maximum Gasteiger partial charge on any atom is 0.174 e. The Bertz CT molecular complexity index is 949. The number of nitrogens with zero attached hydrogens (tertiary/aromatic N) is 1. The zero-order valence-electron chi connectivity index (χ0n) is 14.1. The van der Waals surface area contributed by atoms with E-state index >= 15 is 0 Å². The van der Waals surface area contributed by atoms with E-state index in [-0.39, 0.29) is 5.60 Å². The highest BCUT2D eigenvalue weighted by molar-refractivity contribution is 6.32. The van der Waals surface area contributed by atoms with Crippen LogP contribution in [0.5, 0.6) is 11.5 Å². The normalized spacial score (nSPS) is 15.6. The van der Waals surface area contributed by atoms with Crippen LogP contribution in [0.25, 0.3) is 11.0 Å². The van der Waals surface area contributed by atoms with Crippen LogP contribution in [0.15, 0.2) is 34.9 Å². The standard InChI is InChI=1S/C19H19ClN2O3/c1-19(2)6-5-11-3-4-13(8-16(11)24-19)23-10-12-7-17-14(9-15(12)20)18(21)22-25-17/h3-4,7-9H,5-6,10H2,1-2H3,(H2,21,22). The summed E-state index contributed by atoms with van der Waals surface area (Å²) in [5.74, 6) is 1.96. The van der Waals surface area contributed by atoms with Crippen molar-refractivity contribution >= 4 is 28.4 Å². The van der Waals surface area contributed by atoms with Gasteiger partial charge >= 0.3 is 0 Å². The Morgan fingerprint density at radius 2 is 2.12 bits per heavy atom. The Kier molecular flexibility index (Phi) is 3.76. The minimum Gasteiger partial charge on any atom is -0.489 e. The fraction of sp³-hybridized carbons (Fsp3) is 0.316. The second-order valence-electron chi connectivity index (χ2n) is 6.93. The molecule has 4 rings (SSSR count). The average Bonchev–Trinajstić information content (AvgIpc) is 2.92. The smallest absolute Gasteiger partial charge is 0.174 e. The van der Waals surface area contributed by atoms with Crippen molar-refractivity contribution in [3.63, 3.8) is 0 Å². The second kappa shape index (κ2) is 5.85. The van der Waals surface area contributed by atoms with E-state index in [1.54, 1.807) is 12.1 Å². The van der Waals surface area contributed by atoms with Crippen molar-refractivity contribution in [3.05, 3.63) is 46.5 Å². The Hall–Kier alpha value is -2.40. The van der Waals surface area contributed by atoms with Gasteiger partial charge < -0.3 is 19.7 Å². The van der Waals surface area contributed by atoms with Crippen molar-refractivity contribution in [2.24, 2.45) is 0 Å². The van der Waals surface area contributed by atoms with Crippen LogP contribution in [0.4, 0.5) is 5.82 Å². The molecule has 5 nitrogen and oxygen atoms in total. The molecular formula is C19H19ClN2O3. The monoisotopic (exact) mass is 358 g/mol. The van der Waals surface area contributed by atoms with Crippen molar-refractivity contribution in [2.45, 2.75) is 38.9 Å². The summed E-state index contributed by atoms with van der Waals surface area (Å²) in [5, 5.41) is 5.02. The van der Waals surface area contributed by atoms with Crippen LogP contribution in [0.2, 0.25) is 5.02 Å². The first-order chi connectivity index (χ1) is 11.9. The number of hydrogen-bond donors (Lipinski definition) is 1. The highest BCUT2D eigenvalue weighted by Gasteiger charge is 2.26. The quantitative estimate of drug-likeness (QED) is 0.731. The molecule has 0 bridgehead atoms. The molecule has 0 saturated heterocycles. The molecule has 2 N–H and O–H groups in total. The SMILES string of the molecule is CC1(C)CCc2ccc(OCc3cc4onc(N)c4cc3Cl)cc2O1. The van der Waals surface area contributed by atoms with Gasteiger partial charge in [-0.1, -0.05) is 22.8 Å². The molecule has 0 unspecified atom stereocenters. The van der Waals surface area contributed by atoms with E-state index in [2.05, 4.69) is 25.1 Å². The van der Waals surface area contributed by atoms with E-state index in [9.17, 15) is 0 Å². The third-order valence-corrected chi connectivity index (χ3v) is 4.83. The van der Waals surface area contributed by atoms with Gasteiger partial charge in [-0.05, 0) is 50.5 Å². The summed E-state index contributed by atoms with van der Waals surface area (Å²) < 4.78 is 17.1. The summed E-state index contributed by atoms with van der Waals surface area (Å²) in [6.07, 6.45) is 2.02. The van der Waals surface area contributed by atoms with E-state index in [0.29, 0.717) is 28.4 Å². The first kappa shape index (κ1) is 16.1. The molecule has 130 valence electrons. The maximum absolute atomic E-state index is 6.32. The third-order valence-electron chi connectivity index (χ3n) is 4.48. The lowest BCUT2D eigenvalue weighted by Gasteiger charge is -2.32. The largest absolute Gasteiger partial charge is 0.489 e. The lowest BCUT2D eigenvalue weighted by Crippen LogP contribution is -2.32. The number of fused-ring (bicyclic) bond motifs is 2. The van der Waals surface area contributed by atoms with Gasteiger partial charge in [0, 0.05) is 16.7 Å².